The Morgan fingerprint density at radius 1 is 1.13 bits per heavy atom. The van der Waals surface area contributed by atoms with E-state index >= 15 is 0 Å². The standard InChI is InChI=1S/C25H28N2O3S/c28-24(14-17-29-18-22-12-7-16-30-22)27(15-13-20-8-3-1-4-9-20)25-26-23(19-31-25)21-10-5-2-6-11-21/h1-6,8-11,19,22H,7,12-18H2. The largest absolute Gasteiger partial charge is 0.378 e. The Bertz CT molecular complexity index is 940. The van der Waals surface area contributed by atoms with Crippen molar-refractivity contribution in [2.45, 2.75) is 31.8 Å². The minimum atomic E-state index is 0.0391. The molecule has 31 heavy (non-hydrogen) atoms. The highest BCUT2D eigenvalue weighted by molar-refractivity contribution is 7.14. The van der Waals surface area contributed by atoms with Crippen molar-refractivity contribution < 1.29 is 14.3 Å². The van der Waals surface area contributed by atoms with Gasteiger partial charge >= 0.3 is 0 Å². The number of rotatable bonds is 10. The molecular weight excluding hydrogens is 408 g/mol. The zero-order chi connectivity index (χ0) is 21.3. The van der Waals surface area contributed by atoms with Crippen molar-refractivity contribution in [3.05, 3.63) is 71.6 Å². The van der Waals surface area contributed by atoms with Crippen LogP contribution in [0.3, 0.4) is 0 Å². The highest BCUT2D eigenvalue weighted by Crippen LogP contribution is 2.28. The molecule has 5 nitrogen and oxygen atoms in total. The molecule has 1 aliphatic heterocycles. The minimum Gasteiger partial charge on any atom is -0.378 e. The van der Waals surface area contributed by atoms with E-state index in [1.807, 2.05) is 53.9 Å². The normalized spacial score (nSPS) is 15.8. The van der Waals surface area contributed by atoms with Crippen LogP contribution in [0.15, 0.2) is 66.0 Å². The lowest BCUT2D eigenvalue weighted by molar-refractivity contribution is -0.120. The summed E-state index contributed by atoms with van der Waals surface area (Å²) in [4.78, 5) is 19.7. The number of ether oxygens (including phenoxy) is 2. The fourth-order valence-corrected chi connectivity index (χ4v) is 4.50. The van der Waals surface area contributed by atoms with E-state index in [1.54, 1.807) is 4.90 Å². The summed E-state index contributed by atoms with van der Waals surface area (Å²) in [5, 5.41) is 2.75. The van der Waals surface area contributed by atoms with Gasteiger partial charge in [-0.05, 0) is 24.8 Å². The first-order valence-corrected chi connectivity index (χ1v) is 11.7. The first kappa shape index (κ1) is 21.7. The lowest BCUT2D eigenvalue weighted by atomic mass is 10.1. The van der Waals surface area contributed by atoms with E-state index in [-0.39, 0.29) is 12.0 Å². The van der Waals surface area contributed by atoms with Gasteiger partial charge in [0.05, 0.1) is 31.4 Å². The summed E-state index contributed by atoms with van der Waals surface area (Å²) in [6, 6.07) is 20.3. The summed E-state index contributed by atoms with van der Waals surface area (Å²) in [5.41, 5.74) is 3.16. The Hall–Kier alpha value is -2.54. The second-order valence-corrected chi connectivity index (χ2v) is 8.46. The molecular formula is C25H28N2O3S. The summed E-state index contributed by atoms with van der Waals surface area (Å²) in [6.45, 7) is 2.37. The Labute approximate surface area is 187 Å². The highest BCUT2D eigenvalue weighted by atomic mass is 32.1. The van der Waals surface area contributed by atoms with Crippen LogP contribution in [0.4, 0.5) is 5.13 Å². The molecule has 1 atom stereocenters. The van der Waals surface area contributed by atoms with E-state index < -0.39 is 0 Å². The van der Waals surface area contributed by atoms with Crippen molar-refractivity contribution in [1.82, 2.24) is 4.98 Å². The van der Waals surface area contributed by atoms with Gasteiger partial charge in [-0.2, -0.15) is 0 Å². The summed E-state index contributed by atoms with van der Waals surface area (Å²) in [6.07, 6.45) is 3.43. The van der Waals surface area contributed by atoms with E-state index in [0.29, 0.717) is 26.2 Å². The maximum atomic E-state index is 13.1. The van der Waals surface area contributed by atoms with Crippen molar-refractivity contribution in [3.8, 4) is 11.3 Å². The van der Waals surface area contributed by atoms with E-state index in [1.165, 1.54) is 16.9 Å². The van der Waals surface area contributed by atoms with Crippen LogP contribution in [0.2, 0.25) is 0 Å². The van der Waals surface area contributed by atoms with Gasteiger partial charge in [0.2, 0.25) is 5.91 Å². The minimum absolute atomic E-state index is 0.0391. The zero-order valence-corrected chi connectivity index (χ0v) is 18.4. The molecule has 0 radical (unpaired) electrons. The number of carbonyl (C=O) groups excluding carboxylic acids is 1. The number of anilines is 1. The second-order valence-electron chi connectivity index (χ2n) is 7.62. The molecule has 1 saturated heterocycles. The Balaban J connectivity index is 1.40. The predicted octanol–water partition coefficient (Wildman–Crippen LogP) is 4.97. The molecule has 2 heterocycles. The molecule has 0 aliphatic carbocycles. The van der Waals surface area contributed by atoms with Crippen molar-refractivity contribution >= 4 is 22.4 Å². The van der Waals surface area contributed by atoms with Crippen molar-refractivity contribution in [2.24, 2.45) is 0 Å². The Kier molecular flexibility index (Phi) is 7.82. The summed E-state index contributed by atoms with van der Waals surface area (Å²) in [7, 11) is 0. The highest BCUT2D eigenvalue weighted by Gasteiger charge is 2.20. The monoisotopic (exact) mass is 436 g/mol. The number of hydrogen-bond acceptors (Lipinski definition) is 5. The molecule has 1 aliphatic rings. The van der Waals surface area contributed by atoms with Crippen LogP contribution in [0.5, 0.6) is 0 Å². The lowest BCUT2D eigenvalue weighted by Crippen LogP contribution is -2.33. The number of amides is 1. The number of aromatic nitrogens is 1. The fraction of sp³-hybridized carbons (Fsp3) is 0.360. The van der Waals surface area contributed by atoms with E-state index in [4.69, 9.17) is 14.5 Å². The summed E-state index contributed by atoms with van der Waals surface area (Å²) in [5.74, 6) is 0.0391. The van der Waals surface area contributed by atoms with Crippen LogP contribution in [0.25, 0.3) is 11.3 Å². The summed E-state index contributed by atoms with van der Waals surface area (Å²) >= 11 is 1.51. The predicted molar refractivity (Wildman–Crippen MR) is 124 cm³/mol. The average molecular weight is 437 g/mol. The molecule has 1 fully saturated rings. The molecule has 0 saturated carbocycles. The van der Waals surface area contributed by atoms with E-state index in [9.17, 15) is 4.79 Å². The summed E-state index contributed by atoms with van der Waals surface area (Å²) < 4.78 is 11.3. The number of thiazole rings is 1. The van der Waals surface area contributed by atoms with E-state index in [2.05, 4.69) is 12.1 Å². The first-order valence-electron chi connectivity index (χ1n) is 10.8. The number of nitrogens with zero attached hydrogens (tertiary/aromatic N) is 2. The van der Waals surface area contributed by atoms with Crippen molar-refractivity contribution in [3.63, 3.8) is 0 Å². The van der Waals surface area contributed by atoms with Crippen molar-refractivity contribution in [1.29, 1.82) is 0 Å². The molecule has 2 aromatic carbocycles. The van der Waals surface area contributed by atoms with Gasteiger partial charge in [-0.25, -0.2) is 4.98 Å². The number of carbonyl (C=O) groups is 1. The third-order valence-corrected chi connectivity index (χ3v) is 6.21. The molecule has 1 unspecified atom stereocenters. The molecule has 162 valence electrons. The quantitative estimate of drug-likeness (QED) is 0.421. The Morgan fingerprint density at radius 2 is 1.90 bits per heavy atom. The number of benzene rings is 2. The van der Waals surface area contributed by atoms with Gasteiger partial charge in [-0.15, -0.1) is 11.3 Å². The second kappa shape index (κ2) is 11.2. The van der Waals surface area contributed by atoms with Crippen LogP contribution < -0.4 is 4.90 Å². The van der Waals surface area contributed by atoms with Gasteiger partial charge in [0.1, 0.15) is 0 Å². The van der Waals surface area contributed by atoms with Crippen LogP contribution in [-0.2, 0) is 20.7 Å². The molecule has 1 aromatic heterocycles. The van der Waals surface area contributed by atoms with Gasteiger partial charge in [-0.1, -0.05) is 60.7 Å². The SMILES string of the molecule is O=C(CCOCC1CCCO1)N(CCc1ccccc1)c1nc(-c2ccccc2)cs1. The molecule has 1 amide bonds. The molecule has 0 N–H and O–H groups in total. The van der Waals surface area contributed by atoms with Gasteiger partial charge < -0.3 is 9.47 Å². The lowest BCUT2D eigenvalue weighted by Gasteiger charge is -2.20. The van der Waals surface area contributed by atoms with Crippen molar-refractivity contribution in [2.75, 3.05) is 31.3 Å². The van der Waals surface area contributed by atoms with Crippen LogP contribution >= 0.6 is 11.3 Å². The third kappa shape index (κ3) is 6.23. The molecule has 6 heteroatoms. The first-order chi connectivity index (χ1) is 15.3. The van der Waals surface area contributed by atoms with Crippen LogP contribution in [-0.4, -0.2) is 43.4 Å². The molecule has 0 bridgehead atoms. The molecule has 3 aromatic rings. The van der Waals surface area contributed by atoms with Crippen LogP contribution in [0.1, 0.15) is 24.8 Å². The van der Waals surface area contributed by atoms with Gasteiger partial charge in [-0.3, -0.25) is 9.69 Å². The molecule has 0 spiro atoms. The average Bonchev–Trinajstić information content (AvgIpc) is 3.51. The zero-order valence-electron chi connectivity index (χ0n) is 17.6. The number of hydrogen-bond donors (Lipinski definition) is 0. The fourth-order valence-electron chi connectivity index (χ4n) is 3.63. The third-order valence-electron chi connectivity index (χ3n) is 5.35. The van der Waals surface area contributed by atoms with Gasteiger partial charge in [0.25, 0.3) is 0 Å². The van der Waals surface area contributed by atoms with E-state index in [0.717, 1.165) is 42.3 Å². The molecule has 4 rings (SSSR count). The van der Waals surface area contributed by atoms with Gasteiger partial charge in [0, 0.05) is 24.1 Å². The maximum absolute atomic E-state index is 13.1. The van der Waals surface area contributed by atoms with Gasteiger partial charge in [0.15, 0.2) is 5.13 Å². The Morgan fingerprint density at radius 3 is 2.65 bits per heavy atom. The maximum Gasteiger partial charge on any atom is 0.231 e. The van der Waals surface area contributed by atoms with Crippen LogP contribution in [0, 0.1) is 0 Å². The smallest absolute Gasteiger partial charge is 0.231 e. The topological polar surface area (TPSA) is 51.7 Å².